The molecule has 7 heteroatoms. The van der Waals surface area contributed by atoms with Gasteiger partial charge in [-0.05, 0) is 55.6 Å². The second-order valence-electron chi connectivity index (χ2n) is 7.34. The van der Waals surface area contributed by atoms with Crippen LogP contribution in [-0.4, -0.2) is 67.8 Å². The van der Waals surface area contributed by atoms with E-state index in [0.717, 1.165) is 51.1 Å². The minimum Gasteiger partial charge on any atom is -0.481 e. The van der Waals surface area contributed by atoms with E-state index >= 15 is 0 Å². The Balaban J connectivity index is 1.57. The quantitative estimate of drug-likeness (QED) is 0.747. The van der Waals surface area contributed by atoms with Crippen LogP contribution in [0.2, 0.25) is 0 Å². The molecule has 0 bridgehead atoms. The molecular formula is C20H29N3O4. The first-order chi connectivity index (χ1) is 13.0. The van der Waals surface area contributed by atoms with E-state index in [9.17, 15) is 9.59 Å². The molecular weight excluding hydrogens is 346 g/mol. The first kappa shape index (κ1) is 19.8. The van der Waals surface area contributed by atoms with E-state index in [1.165, 1.54) is 11.1 Å². The van der Waals surface area contributed by atoms with Crippen LogP contribution in [0.4, 0.5) is 5.69 Å². The lowest BCUT2D eigenvalue weighted by Gasteiger charge is -2.29. The maximum absolute atomic E-state index is 12.5. The molecule has 0 aliphatic carbocycles. The fraction of sp³-hybridized carbons (Fsp3) is 0.600. The molecule has 148 valence electrons. The number of rotatable bonds is 7. The highest BCUT2D eigenvalue weighted by molar-refractivity contribution is 5.93. The Kier molecular flexibility index (Phi) is 6.82. The molecule has 0 aromatic heterocycles. The molecule has 3 rings (SSSR count). The van der Waals surface area contributed by atoms with Gasteiger partial charge in [-0.25, -0.2) is 0 Å². The van der Waals surface area contributed by atoms with Crippen LogP contribution in [0.1, 0.15) is 30.4 Å². The van der Waals surface area contributed by atoms with Crippen LogP contribution in [0.25, 0.3) is 0 Å². The second kappa shape index (κ2) is 9.30. The van der Waals surface area contributed by atoms with Crippen molar-refractivity contribution in [2.75, 3.05) is 44.7 Å². The van der Waals surface area contributed by atoms with Crippen LogP contribution in [0.3, 0.4) is 0 Å². The zero-order chi connectivity index (χ0) is 19.2. The number of carboxylic acid groups (broad SMARTS) is 1. The average molecular weight is 375 g/mol. The Labute approximate surface area is 160 Å². The number of benzene rings is 1. The maximum Gasteiger partial charge on any atom is 0.304 e. The van der Waals surface area contributed by atoms with E-state index in [2.05, 4.69) is 16.3 Å². The van der Waals surface area contributed by atoms with Crippen molar-refractivity contribution in [3.05, 3.63) is 29.3 Å². The van der Waals surface area contributed by atoms with Crippen molar-refractivity contribution in [3.8, 4) is 0 Å². The molecule has 7 nitrogen and oxygen atoms in total. The van der Waals surface area contributed by atoms with Gasteiger partial charge in [-0.3, -0.25) is 14.5 Å². The van der Waals surface area contributed by atoms with E-state index in [-0.39, 0.29) is 25.0 Å². The summed E-state index contributed by atoms with van der Waals surface area (Å²) in [5.41, 5.74) is 3.30. The molecule has 2 heterocycles. The number of nitrogens with one attached hydrogen (secondary N) is 1. The summed E-state index contributed by atoms with van der Waals surface area (Å²) in [7, 11) is 1.78. The van der Waals surface area contributed by atoms with Crippen LogP contribution in [0, 0.1) is 0 Å². The number of carboxylic acids is 1. The third-order valence-electron chi connectivity index (χ3n) is 5.41. The number of carbonyl (C=O) groups is 2. The van der Waals surface area contributed by atoms with Crippen LogP contribution >= 0.6 is 0 Å². The Morgan fingerprint density at radius 1 is 1.30 bits per heavy atom. The predicted octanol–water partition coefficient (Wildman–Crippen LogP) is 1.25. The molecule has 1 aromatic rings. The predicted molar refractivity (Wildman–Crippen MR) is 103 cm³/mol. The van der Waals surface area contributed by atoms with Gasteiger partial charge in [0.05, 0.1) is 12.5 Å². The summed E-state index contributed by atoms with van der Waals surface area (Å²) in [6.07, 6.45) is 3.12. The lowest BCUT2D eigenvalue weighted by molar-refractivity contribution is -0.137. The van der Waals surface area contributed by atoms with Gasteiger partial charge < -0.3 is 20.1 Å². The van der Waals surface area contributed by atoms with E-state index < -0.39 is 5.97 Å². The summed E-state index contributed by atoms with van der Waals surface area (Å²) < 4.78 is 5.78. The lowest BCUT2D eigenvalue weighted by atomic mass is 9.98. The lowest BCUT2D eigenvalue weighted by Crippen LogP contribution is -2.36. The Bertz CT molecular complexity index is 673. The van der Waals surface area contributed by atoms with Gasteiger partial charge in [-0.1, -0.05) is 6.07 Å². The number of hydrogen-bond donors (Lipinski definition) is 2. The fourth-order valence-electron chi connectivity index (χ4n) is 3.65. The third-order valence-corrected chi connectivity index (χ3v) is 5.41. The van der Waals surface area contributed by atoms with E-state index in [0.29, 0.717) is 6.54 Å². The number of fused-ring (bicyclic) bond motifs is 1. The second-order valence-corrected chi connectivity index (χ2v) is 7.34. The normalized spacial score (nSPS) is 18.1. The molecule has 1 aromatic carbocycles. The number of ether oxygens (including phenoxy) is 1. The monoisotopic (exact) mass is 375 g/mol. The molecule has 0 saturated carbocycles. The van der Waals surface area contributed by atoms with Gasteiger partial charge in [-0.2, -0.15) is 0 Å². The van der Waals surface area contributed by atoms with Crippen LogP contribution < -0.4 is 10.2 Å². The molecule has 1 amide bonds. The highest BCUT2D eigenvalue weighted by atomic mass is 16.5. The average Bonchev–Trinajstić information content (AvgIpc) is 2.70. The first-order valence-corrected chi connectivity index (χ1v) is 9.68. The molecule has 2 N–H and O–H groups in total. The summed E-state index contributed by atoms with van der Waals surface area (Å²) in [6, 6.07) is 6.11. The number of aliphatic carboxylic acids is 1. The van der Waals surface area contributed by atoms with Gasteiger partial charge >= 0.3 is 5.97 Å². The Morgan fingerprint density at radius 2 is 2.07 bits per heavy atom. The number of likely N-dealkylation sites (N-methyl/N-ethyl adjacent to an activating group) is 1. The van der Waals surface area contributed by atoms with Gasteiger partial charge in [0.1, 0.15) is 6.61 Å². The summed E-state index contributed by atoms with van der Waals surface area (Å²) in [6.45, 7) is 4.14. The van der Waals surface area contributed by atoms with Crippen molar-refractivity contribution < 1.29 is 19.4 Å². The number of anilines is 1. The summed E-state index contributed by atoms with van der Waals surface area (Å²) in [4.78, 5) is 27.1. The molecule has 1 fully saturated rings. The molecule has 0 unspecified atom stereocenters. The van der Waals surface area contributed by atoms with Gasteiger partial charge in [0.25, 0.3) is 5.91 Å². The van der Waals surface area contributed by atoms with E-state index in [1.54, 1.807) is 11.9 Å². The Morgan fingerprint density at radius 3 is 2.81 bits per heavy atom. The fourth-order valence-corrected chi connectivity index (χ4v) is 3.65. The maximum atomic E-state index is 12.5. The largest absolute Gasteiger partial charge is 0.481 e. The SMILES string of the molecule is CN(C(=O)COC1CCNCC1)c1ccc2c(c1)CN(CCC(=O)O)CC2. The summed E-state index contributed by atoms with van der Waals surface area (Å²) in [5.74, 6) is -0.819. The number of amides is 1. The molecule has 1 saturated heterocycles. The molecule has 0 spiro atoms. The molecule has 0 radical (unpaired) electrons. The third kappa shape index (κ3) is 5.51. The zero-order valence-electron chi connectivity index (χ0n) is 15.9. The van der Waals surface area contributed by atoms with Crippen molar-refractivity contribution in [2.24, 2.45) is 0 Å². The number of carbonyl (C=O) groups excluding carboxylic acids is 1. The van der Waals surface area contributed by atoms with Crippen molar-refractivity contribution in [3.63, 3.8) is 0 Å². The summed E-state index contributed by atoms with van der Waals surface area (Å²) in [5, 5.41) is 12.2. The van der Waals surface area contributed by atoms with Crippen LogP contribution in [0.15, 0.2) is 18.2 Å². The van der Waals surface area contributed by atoms with Gasteiger partial charge in [0, 0.05) is 32.4 Å². The van der Waals surface area contributed by atoms with Crippen LogP contribution in [0.5, 0.6) is 0 Å². The minimum absolute atomic E-state index is 0.0491. The Hall–Kier alpha value is -1.96. The molecule has 27 heavy (non-hydrogen) atoms. The van der Waals surface area contributed by atoms with Crippen molar-refractivity contribution >= 4 is 17.6 Å². The molecule has 2 aliphatic heterocycles. The van der Waals surface area contributed by atoms with Crippen molar-refractivity contribution in [1.29, 1.82) is 0 Å². The topological polar surface area (TPSA) is 82.1 Å². The van der Waals surface area contributed by atoms with Gasteiger partial charge in [0.2, 0.25) is 0 Å². The van der Waals surface area contributed by atoms with Gasteiger partial charge in [-0.15, -0.1) is 0 Å². The molecule has 0 atom stereocenters. The number of nitrogens with zero attached hydrogens (tertiary/aromatic N) is 2. The number of hydrogen-bond acceptors (Lipinski definition) is 5. The van der Waals surface area contributed by atoms with Crippen molar-refractivity contribution in [2.45, 2.75) is 38.3 Å². The highest BCUT2D eigenvalue weighted by Gasteiger charge is 2.20. The summed E-state index contributed by atoms with van der Waals surface area (Å²) >= 11 is 0. The number of piperidine rings is 1. The van der Waals surface area contributed by atoms with Crippen LogP contribution in [-0.2, 0) is 27.3 Å². The standard InChI is InChI=1S/C20H29N3O4/c1-22(19(24)14-27-18-4-8-21-9-5-18)17-3-2-15-6-10-23(11-7-20(25)26)13-16(15)12-17/h2-3,12,18,21H,4-11,13-14H2,1H3,(H,25,26). The smallest absolute Gasteiger partial charge is 0.304 e. The highest BCUT2D eigenvalue weighted by Crippen LogP contribution is 2.24. The minimum atomic E-state index is -0.770. The van der Waals surface area contributed by atoms with E-state index in [4.69, 9.17) is 9.84 Å². The van der Waals surface area contributed by atoms with Crippen molar-refractivity contribution in [1.82, 2.24) is 10.2 Å². The van der Waals surface area contributed by atoms with Gasteiger partial charge in [0.15, 0.2) is 0 Å². The zero-order valence-corrected chi connectivity index (χ0v) is 15.9. The van der Waals surface area contributed by atoms with E-state index in [1.807, 2.05) is 12.1 Å². The first-order valence-electron chi connectivity index (χ1n) is 9.68. The molecule has 2 aliphatic rings.